The molecule has 2 heterocycles. The molecule has 0 saturated heterocycles. The second-order valence-electron chi connectivity index (χ2n) is 7.00. The largest absolute Gasteiger partial charge is 0.496 e. The molecule has 1 aliphatic carbocycles. The number of hydrogen-bond donors (Lipinski definition) is 1. The maximum Gasteiger partial charge on any atom is 0.251 e. The number of amides is 1. The van der Waals surface area contributed by atoms with Crippen molar-refractivity contribution in [3.05, 3.63) is 53.5 Å². The Bertz CT molecular complexity index is 864. The maximum atomic E-state index is 12.8. The van der Waals surface area contributed by atoms with Gasteiger partial charge < -0.3 is 14.2 Å². The number of hydrogen-bond acceptors (Lipinski definition) is 6. The molecule has 0 radical (unpaired) electrons. The highest BCUT2D eigenvalue weighted by atomic mass is 16.5. The van der Waals surface area contributed by atoms with Crippen molar-refractivity contribution in [2.24, 2.45) is 5.92 Å². The van der Waals surface area contributed by atoms with Gasteiger partial charge in [-0.15, -0.1) is 0 Å². The van der Waals surface area contributed by atoms with E-state index in [1.807, 2.05) is 6.08 Å². The predicted octanol–water partition coefficient (Wildman–Crippen LogP) is 3.38. The van der Waals surface area contributed by atoms with E-state index in [0.29, 0.717) is 22.9 Å². The summed E-state index contributed by atoms with van der Waals surface area (Å²) >= 11 is 0. The summed E-state index contributed by atoms with van der Waals surface area (Å²) in [4.78, 5) is 14.5. The Morgan fingerprint density at radius 3 is 2.43 bits per heavy atom. The Labute approximate surface area is 164 Å². The summed E-state index contributed by atoms with van der Waals surface area (Å²) < 4.78 is 16.7. The predicted molar refractivity (Wildman–Crippen MR) is 102 cm³/mol. The minimum absolute atomic E-state index is 0.104. The Balaban J connectivity index is 1.96. The zero-order valence-corrected chi connectivity index (χ0v) is 16.2. The van der Waals surface area contributed by atoms with Crippen LogP contribution in [-0.2, 0) is 4.79 Å². The fraction of sp³-hybridized carbons (Fsp3) is 0.381. The van der Waals surface area contributed by atoms with Crippen molar-refractivity contribution in [2.75, 3.05) is 21.3 Å². The lowest BCUT2D eigenvalue weighted by atomic mass is 9.81. The van der Waals surface area contributed by atoms with Crippen molar-refractivity contribution in [3.8, 4) is 17.2 Å². The van der Waals surface area contributed by atoms with E-state index in [9.17, 15) is 10.0 Å². The molecule has 2 unspecified atom stereocenters. The molecular weight excluding hydrogens is 360 g/mol. The van der Waals surface area contributed by atoms with Crippen molar-refractivity contribution in [2.45, 2.75) is 25.3 Å². The number of ether oxygens (including phenoxy) is 3. The van der Waals surface area contributed by atoms with E-state index in [1.165, 1.54) is 6.08 Å². The molecule has 3 aliphatic rings. The molecule has 7 heteroatoms. The van der Waals surface area contributed by atoms with Crippen LogP contribution in [0.5, 0.6) is 17.2 Å². The van der Waals surface area contributed by atoms with Gasteiger partial charge in [-0.05, 0) is 25.3 Å². The van der Waals surface area contributed by atoms with Crippen LogP contribution < -0.4 is 14.2 Å². The minimum Gasteiger partial charge on any atom is -0.496 e. The molecule has 148 valence electrons. The molecule has 0 saturated carbocycles. The van der Waals surface area contributed by atoms with Crippen LogP contribution in [0.1, 0.15) is 30.9 Å². The maximum absolute atomic E-state index is 12.8. The monoisotopic (exact) mass is 384 g/mol. The fourth-order valence-corrected chi connectivity index (χ4v) is 4.35. The fourth-order valence-electron chi connectivity index (χ4n) is 4.35. The number of carbonyl (C=O) groups is 1. The number of hydroxylamine groups is 2. The molecule has 0 bridgehead atoms. The normalized spacial score (nSPS) is 23.5. The van der Waals surface area contributed by atoms with Crippen LogP contribution in [0, 0.1) is 5.92 Å². The van der Waals surface area contributed by atoms with E-state index in [4.69, 9.17) is 14.2 Å². The van der Waals surface area contributed by atoms with E-state index < -0.39 is 0 Å². The Morgan fingerprint density at radius 1 is 1.07 bits per heavy atom. The van der Waals surface area contributed by atoms with Gasteiger partial charge in [0.15, 0.2) is 0 Å². The van der Waals surface area contributed by atoms with Crippen molar-refractivity contribution >= 4 is 5.91 Å². The van der Waals surface area contributed by atoms with Gasteiger partial charge in [0.05, 0.1) is 44.8 Å². The molecule has 0 aromatic heterocycles. The number of fused-ring (bicyclic) bond motifs is 2. The molecule has 1 N–H and O–H groups in total. The SMILES string of the molecule is COc1cc(OC)c(C2C3CCCC=C3N(O)C=C3C=CC(=O)N32)c(OC)c1. The number of allylic oxidation sites excluding steroid dienone is 2. The topological polar surface area (TPSA) is 71.5 Å². The highest BCUT2D eigenvalue weighted by Gasteiger charge is 2.44. The van der Waals surface area contributed by atoms with Crippen molar-refractivity contribution in [1.29, 1.82) is 0 Å². The average molecular weight is 384 g/mol. The summed E-state index contributed by atoms with van der Waals surface area (Å²) in [7, 11) is 4.76. The molecule has 2 aliphatic heterocycles. The lowest BCUT2D eigenvalue weighted by Crippen LogP contribution is -2.35. The van der Waals surface area contributed by atoms with Crippen molar-refractivity contribution in [3.63, 3.8) is 0 Å². The van der Waals surface area contributed by atoms with Gasteiger partial charge in [0.25, 0.3) is 5.91 Å². The number of nitrogens with zero attached hydrogens (tertiary/aromatic N) is 2. The zero-order valence-electron chi connectivity index (χ0n) is 16.2. The number of methoxy groups -OCH3 is 3. The second kappa shape index (κ2) is 7.24. The zero-order chi connectivity index (χ0) is 19.8. The lowest BCUT2D eigenvalue weighted by molar-refractivity contribution is -0.126. The molecule has 4 rings (SSSR count). The van der Waals surface area contributed by atoms with E-state index in [0.717, 1.165) is 35.6 Å². The molecule has 1 aromatic carbocycles. The first-order valence-electron chi connectivity index (χ1n) is 9.30. The third kappa shape index (κ3) is 2.82. The summed E-state index contributed by atoms with van der Waals surface area (Å²) in [6.07, 6.45) is 9.57. The molecule has 28 heavy (non-hydrogen) atoms. The van der Waals surface area contributed by atoms with Crippen molar-refractivity contribution in [1.82, 2.24) is 9.96 Å². The van der Waals surface area contributed by atoms with E-state index in [-0.39, 0.29) is 17.9 Å². The van der Waals surface area contributed by atoms with Crippen LogP contribution in [0.25, 0.3) is 0 Å². The van der Waals surface area contributed by atoms with Crippen LogP contribution in [0.2, 0.25) is 0 Å². The van der Waals surface area contributed by atoms with Crippen LogP contribution >= 0.6 is 0 Å². The van der Waals surface area contributed by atoms with Gasteiger partial charge in [-0.2, -0.15) is 0 Å². The van der Waals surface area contributed by atoms with Gasteiger partial charge in [-0.1, -0.05) is 6.08 Å². The first-order valence-corrected chi connectivity index (χ1v) is 9.30. The van der Waals surface area contributed by atoms with E-state index in [1.54, 1.807) is 50.6 Å². The molecule has 0 fully saturated rings. The molecule has 7 nitrogen and oxygen atoms in total. The van der Waals surface area contributed by atoms with Gasteiger partial charge in [0.1, 0.15) is 17.2 Å². The molecular formula is C21H24N2O5. The van der Waals surface area contributed by atoms with Crippen LogP contribution in [0.4, 0.5) is 0 Å². The molecule has 0 spiro atoms. The highest BCUT2D eigenvalue weighted by Crippen LogP contribution is 2.51. The summed E-state index contributed by atoms with van der Waals surface area (Å²) in [6.45, 7) is 0. The Hall–Kier alpha value is -2.93. The Kier molecular flexibility index (Phi) is 4.77. The van der Waals surface area contributed by atoms with Gasteiger partial charge in [-0.25, -0.2) is 5.06 Å². The molecule has 1 aromatic rings. The van der Waals surface area contributed by atoms with Gasteiger partial charge in [0, 0.05) is 29.8 Å². The van der Waals surface area contributed by atoms with Crippen molar-refractivity contribution < 1.29 is 24.2 Å². The summed E-state index contributed by atoms with van der Waals surface area (Å²) in [5.41, 5.74) is 2.19. The average Bonchev–Trinajstić information content (AvgIpc) is 3.02. The third-order valence-corrected chi connectivity index (χ3v) is 5.59. The summed E-state index contributed by atoms with van der Waals surface area (Å²) in [5.74, 6) is 1.54. The van der Waals surface area contributed by atoms with Gasteiger partial charge >= 0.3 is 0 Å². The first-order chi connectivity index (χ1) is 13.6. The van der Waals surface area contributed by atoms with Crippen LogP contribution in [-0.4, -0.2) is 42.4 Å². The second-order valence-corrected chi connectivity index (χ2v) is 7.00. The number of benzene rings is 1. The molecule has 1 amide bonds. The lowest BCUT2D eigenvalue weighted by Gasteiger charge is -2.37. The van der Waals surface area contributed by atoms with E-state index >= 15 is 0 Å². The van der Waals surface area contributed by atoms with Gasteiger partial charge in [0.2, 0.25) is 0 Å². The van der Waals surface area contributed by atoms with Crippen LogP contribution in [0.15, 0.2) is 48.0 Å². The number of carbonyl (C=O) groups excluding carboxylic acids is 1. The minimum atomic E-state index is -0.381. The quantitative estimate of drug-likeness (QED) is 0.858. The number of rotatable bonds is 4. The highest BCUT2D eigenvalue weighted by molar-refractivity contribution is 5.94. The van der Waals surface area contributed by atoms with Gasteiger partial charge in [-0.3, -0.25) is 14.9 Å². The van der Waals surface area contributed by atoms with E-state index in [2.05, 4.69) is 0 Å². The molecule has 2 atom stereocenters. The summed E-state index contributed by atoms with van der Waals surface area (Å²) in [5, 5.41) is 11.8. The van der Waals surface area contributed by atoms with Crippen LogP contribution in [0.3, 0.4) is 0 Å². The first kappa shape index (κ1) is 18.4. The smallest absolute Gasteiger partial charge is 0.251 e. The standard InChI is InChI=1S/C21H24N2O5/c1-26-14-10-17(27-2)20(18(11-14)28-3)21-15-6-4-5-7-16(15)22(25)12-13-8-9-19(24)23(13)21/h7-12,15,21,25H,4-6H2,1-3H3. The third-order valence-electron chi connectivity index (χ3n) is 5.59. The Morgan fingerprint density at radius 2 is 1.79 bits per heavy atom. The summed E-state index contributed by atoms with van der Waals surface area (Å²) in [6, 6.07) is 3.21.